The van der Waals surface area contributed by atoms with Crippen LogP contribution in [0, 0.1) is 20.8 Å². The minimum absolute atomic E-state index is 0.0993. The number of nitrogens with zero attached hydrogens (tertiary/aromatic N) is 2. The SMILES string of the molecule is CC[C@H](C(=O)NC1CCCCC1)N(Cc1cccc(C)c1)C(=O)CN(c1ccc(C)cc1)S(=O)(=O)c1ccc(C)cc1. The van der Waals surface area contributed by atoms with Crippen LogP contribution in [-0.4, -0.2) is 43.8 Å². The zero-order valence-electron chi connectivity index (χ0n) is 25.2. The molecule has 3 aromatic carbocycles. The molecule has 0 spiro atoms. The van der Waals surface area contributed by atoms with Crippen LogP contribution < -0.4 is 9.62 Å². The molecule has 4 rings (SSSR count). The normalized spacial score (nSPS) is 14.7. The molecule has 7 nitrogen and oxygen atoms in total. The minimum Gasteiger partial charge on any atom is -0.352 e. The number of hydrogen-bond donors (Lipinski definition) is 1. The van der Waals surface area contributed by atoms with E-state index in [1.807, 2.05) is 64.1 Å². The van der Waals surface area contributed by atoms with Crippen molar-refractivity contribution in [1.82, 2.24) is 10.2 Å². The lowest BCUT2D eigenvalue weighted by atomic mass is 9.95. The lowest BCUT2D eigenvalue weighted by Gasteiger charge is -2.34. The van der Waals surface area contributed by atoms with Crippen LogP contribution in [0.4, 0.5) is 5.69 Å². The monoisotopic (exact) mass is 589 g/mol. The Hall–Kier alpha value is -3.65. The third kappa shape index (κ3) is 7.79. The summed E-state index contributed by atoms with van der Waals surface area (Å²) >= 11 is 0. The largest absolute Gasteiger partial charge is 0.352 e. The van der Waals surface area contributed by atoms with Crippen LogP contribution in [0.2, 0.25) is 0 Å². The van der Waals surface area contributed by atoms with Gasteiger partial charge in [-0.1, -0.05) is 91.4 Å². The topological polar surface area (TPSA) is 86.8 Å². The predicted molar refractivity (Wildman–Crippen MR) is 168 cm³/mol. The van der Waals surface area contributed by atoms with Crippen LogP contribution in [0.5, 0.6) is 0 Å². The highest BCUT2D eigenvalue weighted by molar-refractivity contribution is 7.92. The standard InChI is InChI=1S/C34H43N3O4S/c1-5-32(34(39)35-29-12-7-6-8-13-29)36(23-28-11-9-10-27(4)22-28)33(38)24-37(30-18-14-25(2)15-19-30)42(40,41)31-20-16-26(3)17-21-31/h9-11,14-22,29,32H,5-8,12-13,23-24H2,1-4H3,(H,35,39)/t32-/m1/s1. The van der Waals surface area contributed by atoms with Gasteiger partial charge in [0, 0.05) is 12.6 Å². The van der Waals surface area contributed by atoms with E-state index >= 15 is 0 Å². The molecule has 2 amide bonds. The maximum atomic E-state index is 14.3. The summed E-state index contributed by atoms with van der Waals surface area (Å²) in [6, 6.07) is 20.9. The molecule has 1 aliphatic rings. The van der Waals surface area contributed by atoms with Gasteiger partial charge in [0.25, 0.3) is 10.0 Å². The van der Waals surface area contributed by atoms with Crippen LogP contribution in [0.3, 0.4) is 0 Å². The van der Waals surface area contributed by atoms with E-state index < -0.39 is 28.5 Å². The first-order chi connectivity index (χ1) is 20.1. The number of carbonyl (C=O) groups excluding carboxylic acids is 2. The molecule has 224 valence electrons. The van der Waals surface area contributed by atoms with Crippen molar-refractivity contribution in [3.05, 3.63) is 95.1 Å². The molecule has 1 aliphatic carbocycles. The second kappa shape index (κ2) is 14.0. The van der Waals surface area contributed by atoms with E-state index in [4.69, 9.17) is 0 Å². The van der Waals surface area contributed by atoms with Gasteiger partial charge < -0.3 is 10.2 Å². The molecule has 1 N–H and O–H groups in total. The quantitative estimate of drug-likeness (QED) is 0.294. The minimum atomic E-state index is -4.08. The molecule has 0 saturated heterocycles. The first-order valence-electron chi connectivity index (χ1n) is 14.9. The molecule has 42 heavy (non-hydrogen) atoms. The zero-order valence-corrected chi connectivity index (χ0v) is 26.0. The Morgan fingerprint density at radius 3 is 2.07 bits per heavy atom. The summed E-state index contributed by atoms with van der Waals surface area (Å²) in [7, 11) is -4.08. The van der Waals surface area contributed by atoms with Crippen LogP contribution in [0.1, 0.15) is 67.7 Å². The van der Waals surface area contributed by atoms with Gasteiger partial charge in [-0.25, -0.2) is 8.42 Å². The Morgan fingerprint density at radius 1 is 0.857 bits per heavy atom. The molecular formula is C34H43N3O4S. The summed E-state index contributed by atoms with van der Waals surface area (Å²) in [4.78, 5) is 29.6. The number of anilines is 1. The number of nitrogens with one attached hydrogen (secondary N) is 1. The van der Waals surface area contributed by atoms with Crippen molar-refractivity contribution in [2.45, 2.75) is 89.7 Å². The van der Waals surface area contributed by atoms with Gasteiger partial charge in [-0.2, -0.15) is 0 Å². The highest BCUT2D eigenvalue weighted by atomic mass is 32.2. The molecule has 0 heterocycles. The Labute approximate surface area is 251 Å². The molecule has 0 bridgehead atoms. The van der Waals surface area contributed by atoms with E-state index in [2.05, 4.69) is 5.32 Å². The first kappa shape index (κ1) is 31.3. The van der Waals surface area contributed by atoms with Crippen molar-refractivity contribution in [3.8, 4) is 0 Å². The van der Waals surface area contributed by atoms with E-state index in [-0.39, 0.29) is 23.4 Å². The second-order valence-electron chi connectivity index (χ2n) is 11.4. The van der Waals surface area contributed by atoms with Crippen LogP contribution in [0.25, 0.3) is 0 Å². The highest BCUT2D eigenvalue weighted by Crippen LogP contribution is 2.26. The molecule has 0 aliphatic heterocycles. The Morgan fingerprint density at radius 2 is 1.48 bits per heavy atom. The van der Waals surface area contributed by atoms with Gasteiger partial charge in [0.15, 0.2) is 0 Å². The van der Waals surface area contributed by atoms with Crippen molar-refractivity contribution in [1.29, 1.82) is 0 Å². The van der Waals surface area contributed by atoms with Gasteiger partial charge in [-0.3, -0.25) is 13.9 Å². The van der Waals surface area contributed by atoms with E-state index in [0.717, 1.165) is 52.2 Å². The van der Waals surface area contributed by atoms with E-state index in [9.17, 15) is 18.0 Å². The third-order valence-electron chi connectivity index (χ3n) is 7.98. The van der Waals surface area contributed by atoms with Gasteiger partial charge in [0.2, 0.25) is 11.8 Å². The average Bonchev–Trinajstić information content (AvgIpc) is 2.97. The molecule has 8 heteroatoms. The fraction of sp³-hybridized carbons (Fsp3) is 0.412. The Bertz CT molecular complexity index is 1460. The number of hydrogen-bond acceptors (Lipinski definition) is 4. The molecular weight excluding hydrogens is 546 g/mol. The lowest BCUT2D eigenvalue weighted by molar-refractivity contribution is -0.140. The number of benzene rings is 3. The lowest BCUT2D eigenvalue weighted by Crippen LogP contribution is -2.54. The maximum absolute atomic E-state index is 14.3. The third-order valence-corrected chi connectivity index (χ3v) is 9.77. The van der Waals surface area contributed by atoms with Crippen molar-refractivity contribution in [2.75, 3.05) is 10.8 Å². The summed E-state index contributed by atoms with van der Waals surface area (Å²) in [5.74, 6) is -0.618. The number of amides is 2. The van der Waals surface area contributed by atoms with Crippen molar-refractivity contribution in [2.24, 2.45) is 0 Å². The van der Waals surface area contributed by atoms with Crippen LogP contribution in [-0.2, 0) is 26.2 Å². The Kier molecular flexibility index (Phi) is 10.4. The first-order valence-corrected chi connectivity index (χ1v) is 16.3. The molecule has 0 radical (unpaired) electrons. The second-order valence-corrected chi connectivity index (χ2v) is 13.3. The fourth-order valence-corrected chi connectivity index (χ4v) is 6.96. The van der Waals surface area contributed by atoms with Gasteiger partial charge in [0.05, 0.1) is 10.6 Å². The molecule has 3 aromatic rings. The average molecular weight is 590 g/mol. The smallest absolute Gasteiger partial charge is 0.264 e. The summed E-state index contributed by atoms with van der Waals surface area (Å²) in [6.07, 6.45) is 5.61. The van der Waals surface area contributed by atoms with Crippen LogP contribution in [0.15, 0.2) is 77.7 Å². The van der Waals surface area contributed by atoms with Gasteiger partial charge in [-0.15, -0.1) is 0 Å². The number of carbonyl (C=O) groups is 2. The van der Waals surface area contributed by atoms with Gasteiger partial charge in [-0.05, 0) is 69.9 Å². The van der Waals surface area contributed by atoms with Crippen molar-refractivity contribution >= 4 is 27.5 Å². The molecule has 0 aromatic heterocycles. The van der Waals surface area contributed by atoms with Gasteiger partial charge in [0.1, 0.15) is 12.6 Å². The summed E-state index contributed by atoms with van der Waals surface area (Å²) < 4.78 is 29.2. The van der Waals surface area contributed by atoms with E-state index in [1.54, 1.807) is 41.3 Å². The fourth-order valence-electron chi connectivity index (χ4n) is 5.55. The molecule has 1 saturated carbocycles. The number of sulfonamides is 1. The van der Waals surface area contributed by atoms with Crippen molar-refractivity contribution < 1.29 is 18.0 Å². The maximum Gasteiger partial charge on any atom is 0.264 e. The number of rotatable bonds is 11. The summed E-state index contributed by atoms with van der Waals surface area (Å²) in [5, 5.41) is 3.19. The Balaban J connectivity index is 1.70. The number of aryl methyl sites for hydroxylation is 3. The molecule has 0 unspecified atom stereocenters. The van der Waals surface area contributed by atoms with E-state index in [0.29, 0.717) is 12.1 Å². The van der Waals surface area contributed by atoms with Gasteiger partial charge >= 0.3 is 0 Å². The summed E-state index contributed by atoms with van der Waals surface area (Å²) in [5.41, 5.74) is 4.23. The zero-order chi connectivity index (χ0) is 30.3. The molecule has 1 fully saturated rings. The van der Waals surface area contributed by atoms with Crippen LogP contribution >= 0.6 is 0 Å². The van der Waals surface area contributed by atoms with Crippen molar-refractivity contribution in [3.63, 3.8) is 0 Å². The predicted octanol–water partition coefficient (Wildman–Crippen LogP) is 6.06. The van der Waals surface area contributed by atoms with E-state index in [1.165, 1.54) is 6.42 Å². The highest BCUT2D eigenvalue weighted by Gasteiger charge is 2.34. The molecule has 1 atom stereocenters. The summed E-state index contributed by atoms with van der Waals surface area (Å²) in [6.45, 7) is 7.46.